The molecule has 7 amide bonds. The number of rotatable bonds is 0. The molecule has 6 aliphatic heterocycles. The van der Waals surface area contributed by atoms with Crippen LogP contribution in [0.3, 0.4) is 0 Å². The van der Waals surface area contributed by atoms with Crippen molar-refractivity contribution in [3.63, 3.8) is 0 Å². The number of carbonyl (C=O) groups is 7. The van der Waals surface area contributed by atoms with E-state index in [1.165, 1.54) is 6.08 Å². The fourth-order valence-electron chi connectivity index (χ4n) is 2.75. The van der Waals surface area contributed by atoms with E-state index in [2.05, 4.69) is 58.7 Å². The standard InChI is InChI=1S/2C4H8N2O.2C4H6N2O.C4H5NO2.C3H4N2O.6C2H6/c7-4-3-5-1-2-6-4;3*7-4-2-1-3-5-6-4;6-3-1-2-4(7)5-3;6-3-1-2-4-5-3;6*1-2/h2*5H,1-3H2,(H,6,7);3H,1-2H2,(H,6,7);1-2,5H,3H2,(H,6,7);1-2H2,(H,5,6,7);2H,1H2,(H,5,6);6*1-2H3. The van der Waals surface area contributed by atoms with Crippen molar-refractivity contribution < 1.29 is 33.6 Å². The van der Waals surface area contributed by atoms with Gasteiger partial charge >= 0.3 is 0 Å². The highest BCUT2D eigenvalue weighted by Crippen LogP contribution is 1.96. The van der Waals surface area contributed by atoms with Crippen LogP contribution in [-0.2, 0) is 33.6 Å². The van der Waals surface area contributed by atoms with Crippen molar-refractivity contribution >= 4 is 53.8 Å². The Kier molecular flexibility index (Phi) is 61.9. The summed E-state index contributed by atoms with van der Waals surface area (Å²) >= 11 is 0. The van der Waals surface area contributed by atoms with Gasteiger partial charge in [-0.15, -0.1) is 0 Å². The largest absolute Gasteiger partial charge is 0.354 e. The Hall–Kier alpha value is -4.55. The van der Waals surface area contributed by atoms with Crippen LogP contribution >= 0.6 is 0 Å². The fraction of sp³-hybridized carbons (Fsp3) is 0.686. The van der Waals surface area contributed by atoms with E-state index < -0.39 is 0 Å². The molecule has 0 aromatic heterocycles. The monoisotopic (exact) mass is 760 g/mol. The van der Waals surface area contributed by atoms with Crippen LogP contribution in [0.4, 0.5) is 0 Å². The van der Waals surface area contributed by atoms with E-state index in [1.54, 1.807) is 18.5 Å². The zero-order valence-corrected chi connectivity index (χ0v) is 34.5. The number of hydrogen-bond acceptors (Lipinski definition) is 12. The number of imide groups is 1. The van der Waals surface area contributed by atoms with E-state index in [0.29, 0.717) is 38.6 Å². The van der Waals surface area contributed by atoms with Gasteiger partial charge in [0.15, 0.2) is 0 Å². The van der Waals surface area contributed by atoms with E-state index in [9.17, 15) is 33.6 Å². The predicted octanol–water partition coefficient (Wildman–Crippen LogP) is 2.24. The normalized spacial score (nSPS) is 16.1. The predicted molar refractivity (Wildman–Crippen MR) is 214 cm³/mol. The molecule has 310 valence electrons. The summed E-state index contributed by atoms with van der Waals surface area (Å²) in [4.78, 5) is 71.3. The Balaban J connectivity index is -0.000000118. The molecule has 0 spiro atoms. The van der Waals surface area contributed by atoms with Gasteiger partial charge in [0.2, 0.25) is 35.4 Å². The van der Waals surface area contributed by atoms with Crippen LogP contribution in [-0.4, -0.2) is 86.5 Å². The first-order valence-corrected chi connectivity index (χ1v) is 18.9. The van der Waals surface area contributed by atoms with Gasteiger partial charge in [-0.3, -0.25) is 49.7 Å². The van der Waals surface area contributed by atoms with Crippen molar-refractivity contribution in [1.82, 2.24) is 48.5 Å². The summed E-state index contributed by atoms with van der Waals surface area (Å²) in [6.07, 6.45) is 10.7. The molecule has 6 rings (SSSR count). The Morgan fingerprint density at radius 3 is 1.28 bits per heavy atom. The van der Waals surface area contributed by atoms with Gasteiger partial charge in [0, 0.05) is 70.4 Å². The summed E-state index contributed by atoms with van der Waals surface area (Å²) in [6, 6.07) is 0. The molecule has 53 heavy (non-hydrogen) atoms. The number of amides is 7. The number of nitrogens with one attached hydrogen (secondary N) is 9. The van der Waals surface area contributed by atoms with Gasteiger partial charge in [-0.2, -0.15) is 10.2 Å². The number of piperazine rings is 1. The highest BCUT2D eigenvalue weighted by molar-refractivity contribution is 6.01. The summed E-state index contributed by atoms with van der Waals surface area (Å²) < 4.78 is 0. The molecule has 9 N–H and O–H groups in total. The van der Waals surface area contributed by atoms with Crippen molar-refractivity contribution in [2.24, 2.45) is 10.2 Å². The summed E-state index contributed by atoms with van der Waals surface area (Å²) in [7, 11) is 0. The highest BCUT2D eigenvalue weighted by atomic mass is 16.2. The van der Waals surface area contributed by atoms with Crippen LogP contribution in [0.1, 0.15) is 128 Å². The van der Waals surface area contributed by atoms with Gasteiger partial charge in [-0.25, -0.2) is 21.7 Å². The smallest absolute Gasteiger partial charge is 0.257 e. The van der Waals surface area contributed by atoms with E-state index in [0.717, 1.165) is 39.0 Å². The number of hydrogen-bond donors (Lipinski definition) is 9. The second kappa shape index (κ2) is 54.2. The number of nitrogens with zero attached hydrogens (tertiary/aromatic N) is 2. The summed E-state index contributed by atoms with van der Waals surface area (Å²) in [5, 5.41) is 14.7. The van der Waals surface area contributed by atoms with Crippen LogP contribution in [0.5, 0.6) is 0 Å². The molecule has 3 fully saturated rings. The number of hydrazone groups is 2. The topological polar surface area (TPSA) is 252 Å². The lowest BCUT2D eigenvalue weighted by Gasteiger charge is -2.11. The van der Waals surface area contributed by atoms with E-state index in [4.69, 9.17) is 0 Å². The molecule has 6 aliphatic rings. The minimum atomic E-state index is -0.148. The molecule has 0 aromatic carbocycles. The van der Waals surface area contributed by atoms with Crippen LogP contribution in [0.25, 0.3) is 0 Å². The maximum atomic E-state index is 10.3. The zero-order chi connectivity index (χ0) is 42.1. The van der Waals surface area contributed by atoms with E-state index in [1.807, 2.05) is 83.1 Å². The second-order valence-corrected chi connectivity index (χ2v) is 8.29. The van der Waals surface area contributed by atoms with Gasteiger partial charge in [0.25, 0.3) is 5.91 Å². The Labute approximate surface area is 318 Å². The first kappa shape index (κ1) is 60.5. The SMILES string of the molecule is CC.CC.CC.CC.CC.CC.O=C1C=CCNN1.O=C1CC=NN1.O=C1CCC(=O)N1.O=C1CCC=NN1.O=C1CCCNN1.O=C1CNCCN1. The van der Waals surface area contributed by atoms with Gasteiger partial charge < -0.3 is 10.6 Å². The van der Waals surface area contributed by atoms with Crippen molar-refractivity contribution in [2.45, 2.75) is 128 Å². The summed E-state index contributed by atoms with van der Waals surface area (Å²) in [6.45, 7) is 27.8. The Bertz CT molecular complexity index is 937. The molecular formula is C35H73N11O7. The lowest BCUT2D eigenvalue weighted by Crippen LogP contribution is -2.44. The first-order chi connectivity index (χ1) is 25.8. The first-order valence-electron chi connectivity index (χ1n) is 18.9. The van der Waals surface area contributed by atoms with Gasteiger partial charge in [0.1, 0.15) is 0 Å². The maximum absolute atomic E-state index is 10.3. The average molecular weight is 760 g/mol. The lowest BCUT2D eigenvalue weighted by molar-refractivity contribution is -0.125. The number of hydrazine groups is 2. The molecular weight excluding hydrogens is 686 g/mol. The molecule has 0 unspecified atom stereocenters. The molecule has 3 saturated heterocycles. The molecule has 0 aromatic rings. The minimum Gasteiger partial charge on any atom is -0.354 e. The molecule has 0 aliphatic carbocycles. The molecule has 0 saturated carbocycles. The fourth-order valence-corrected chi connectivity index (χ4v) is 2.75. The van der Waals surface area contributed by atoms with Crippen LogP contribution < -0.4 is 48.5 Å². The molecule has 18 heteroatoms. The van der Waals surface area contributed by atoms with Gasteiger partial charge in [-0.1, -0.05) is 89.2 Å². The van der Waals surface area contributed by atoms with Crippen LogP contribution in [0, 0.1) is 0 Å². The van der Waals surface area contributed by atoms with Crippen LogP contribution in [0.2, 0.25) is 0 Å². The van der Waals surface area contributed by atoms with E-state index >= 15 is 0 Å². The van der Waals surface area contributed by atoms with Crippen molar-refractivity contribution in [1.29, 1.82) is 0 Å². The van der Waals surface area contributed by atoms with Crippen LogP contribution in [0.15, 0.2) is 22.4 Å². The van der Waals surface area contributed by atoms with E-state index in [-0.39, 0.29) is 41.4 Å². The Morgan fingerprint density at radius 2 is 1.09 bits per heavy atom. The molecule has 0 bridgehead atoms. The maximum Gasteiger partial charge on any atom is 0.257 e. The van der Waals surface area contributed by atoms with Crippen molar-refractivity contribution in [3.05, 3.63) is 12.2 Å². The molecule has 18 nitrogen and oxygen atoms in total. The zero-order valence-electron chi connectivity index (χ0n) is 34.5. The van der Waals surface area contributed by atoms with Crippen molar-refractivity contribution in [2.75, 3.05) is 32.7 Å². The third kappa shape index (κ3) is 51.9. The quantitative estimate of drug-likeness (QED) is 0.163. The minimum absolute atomic E-state index is 0.0162. The molecule has 0 radical (unpaired) electrons. The third-order valence-corrected chi connectivity index (χ3v) is 4.74. The van der Waals surface area contributed by atoms with Gasteiger partial charge in [-0.05, 0) is 12.8 Å². The summed E-state index contributed by atoms with van der Waals surface area (Å²) in [5.41, 5.74) is 14.8. The molecule has 6 heterocycles. The average Bonchev–Trinajstić information content (AvgIpc) is 3.88. The lowest BCUT2D eigenvalue weighted by atomic mass is 10.3. The van der Waals surface area contributed by atoms with Crippen molar-refractivity contribution in [3.8, 4) is 0 Å². The second-order valence-electron chi connectivity index (χ2n) is 8.29. The number of carbonyl (C=O) groups excluding carboxylic acids is 7. The molecule has 0 atom stereocenters. The third-order valence-electron chi connectivity index (χ3n) is 4.74. The Morgan fingerprint density at radius 1 is 0.528 bits per heavy atom. The highest BCUT2D eigenvalue weighted by Gasteiger charge is 2.15. The summed E-state index contributed by atoms with van der Waals surface area (Å²) in [5.74, 6) is -0.170. The van der Waals surface area contributed by atoms with Gasteiger partial charge in [0.05, 0.1) is 13.0 Å².